The molecule has 1 saturated heterocycles. The number of nitrogens with one attached hydrogen (secondary N) is 3. The number of benzene rings is 1. The minimum Gasteiger partial charge on any atom is -0.462 e. The number of aryl methyl sites for hydroxylation is 1. The van der Waals surface area contributed by atoms with E-state index in [2.05, 4.69) is 15.6 Å². The summed E-state index contributed by atoms with van der Waals surface area (Å²) >= 11 is 6.38. The van der Waals surface area contributed by atoms with E-state index < -0.39 is 5.97 Å². The van der Waals surface area contributed by atoms with Crippen LogP contribution in [-0.2, 0) is 9.53 Å². The molecule has 154 valence electrons. The molecule has 3 N–H and O–H groups in total. The minimum atomic E-state index is -0.462. The Bertz CT molecular complexity index is 970. The predicted molar refractivity (Wildman–Crippen MR) is 111 cm³/mol. The lowest BCUT2D eigenvalue weighted by Gasteiger charge is -2.29. The SMILES string of the molecule is CCOC(=O)c1c(C)[nH]c(C(=O)Nc2ccc(N3CCNC(=O)C3)c(Cl)c2)c1C. The summed E-state index contributed by atoms with van der Waals surface area (Å²) in [5.74, 6) is -0.905. The maximum atomic E-state index is 12.7. The number of piperazine rings is 1. The molecule has 0 atom stereocenters. The molecular formula is C20H23ClN4O4. The molecule has 1 aliphatic heterocycles. The van der Waals surface area contributed by atoms with Gasteiger partial charge in [-0.2, -0.15) is 0 Å². The van der Waals surface area contributed by atoms with Gasteiger partial charge < -0.3 is 25.3 Å². The van der Waals surface area contributed by atoms with Crippen LogP contribution in [0.15, 0.2) is 18.2 Å². The van der Waals surface area contributed by atoms with E-state index in [4.69, 9.17) is 16.3 Å². The lowest BCUT2D eigenvalue weighted by atomic mass is 10.1. The number of anilines is 2. The molecule has 1 aromatic carbocycles. The third kappa shape index (κ3) is 4.37. The van der Waals surface area contributed by atoms with Gasteiger partial charge in [-0.05, 0) is 44.5 Å². The summed E-state index contributed by atoms with van der Waals surface area (Å²) in [5, 5.41) is 5.99. The second-order valence-electron chi connectivity index (χ2n) is 6.74. The van der Waals surface area contributed by atoms with Crippen molar-refractivity contribution in [2.75, 3.05) is 36.5 Å². The number of hydrogen-bond donors (Lipinski definition) is 3. The maximum Gasteiger partial charge on any atom is 0.340 e. The fraction of sp³-hybridized carbons (Fsp3) is 0.350. The van der Waals surface area contributed by atoms with Gasteiger partial charge in [-0.3, -0.25) is 9.59 Å². The van der Waals surface area contributed by atoms with Gasteiger partial charge in [0.05, 0.1) is 29.4 Å². The third-order valence-electron chi connectivity index (χ3n) is 4.73. The third-order valence-corrected chi connectivity index (χ3v) is 5.03. The van der Waals surface area contributed by atoms with E-state index in [0.29, 0.717) is 46.3 Å². The van der Waals surface area contributed by atoms with E-state index in [-0.39, 0.29) is 25.0 Å². The van der Waals surface area contributed by atoms with E-state index in [1.54, 1.807) is 39.0 Å². The number of rotatable bonds is 5. The molecule has 3 rings (SSSR count). The molecule has 0 bridgehead atoms. The summed E-state index contributed by atoms with van der Waals surface area (Å²) in [6.07, 6.45) is 0. The van der Waals surface area contributed by atoms with Crippen molar-refractivity contribution < 1.29 is 19.1 Å². The first-order valence-electron chi connectivity index (χ1n) is 9.30. The lowest BCUT2D eigenvalue weighted by molar-refractivity contribution is -0.120. The molecule has 0 radical (unpaired) electrons. The van der Waals surface area contributed by atoms with E-state index in [0.717, 1.165) is 5.69 Å². The number of hydrogen-bond acceptors (Lipinski definition) is 5. The summed E-state index contributed by atoms with van der Waals surface area (Å²) in [7, 11) is 0. The van der Waals surface area contributed by atoms with Crippen molar-refractivity contribution in [2.24, 2.45) is 0 Å². The maximum absolute atomic E-state index is 12.7. The van der Waals surface area contributed by atoms with Crippen molar-refractivity contribution >= 4 is 40.8 Å². The topological polar surface area (TPSA) is 104 Å². The Balaban J connectivity index is 1.78. The highest BCUT2D eigenvalue weighted by Gasteiger charge is 2.23. The Kier molecular flexibility index (Phi) is 6.12. The van der Waals surface area contributed by atoms with Gasteiger partial charge in [-0.25, -0.2) is 4.79 Å². The zero-order valence-corrected chi connectivity index (χ0v) is 17.3. The number of carbonyl (C=O) groups is 3. The Labute approximate surface area is 173 Å². The molecule has 0 unspecified atom stereocenters. The molecule has 1 aromatic heterocycles. The Morgan fingerprint density at radius 1 is 1.31 bits per heavy atom. The van der Waals surface area contributed by atoms with Crippen molar-refractivity contribution in [3.05, 3.63) is 45.7 Å². The molecule has 8 nitrogen and oxygen atoms in total. The van der Waals surface area contributed by atoms with Crippen LogP contribution in [0.1, 0.15) is 39.0 Å². The Morgan fingerprint density at radius 2 is 2.07 bits per heavy atom. The van der Waals surface area contributed by atoms with Crippen molar-refractivity contribution in [3.8, 4) is 0 Å². The molecule has 29 heavy (non-hydrogen) atoms. The fourth-order valence-electron chi connectivity index (χ4n) is 3.37. The molecule has 1 fully saturated rings. The van der Waals surface area contributed by atoms with E-state index in [9.17, 15) is 14.4 Å². The smallest absolute Gasteiger partial charge is 0.340 e. The fourth-order valence-corrected chi connectivity index (χ4v) is 3.67. The van der Waals surface area contributed by atoms with Crippen LogP contribution in [0.5, 0.6) is 0 Å². The Morgan fingerprint density at radius 3 is 2.72 bits per heavy atom. The summed E-state index contributed by atoms with van der Waals surface area (Å²) < 4.78 is 5.05. The number of ether oxygens (including phenoxy) is 1. The van der Waals surface area contributed by atoms with Gasteiger partial charge in [0.2, 0.25) is 5.91 Å². The minimum absolute atomic E-state index is 0.0558. The molecule has 0 spiro atoms. The molecule has 1 aliphatic rings. The van der Waals surface area contributed by atoms with Crippen LogP contribution in [-0.4, -0.2) is 49.0 Å². The molecule has 2 amide bonds. The second kappa shape index (κ2) is 8.57. The van der Waals surface area contributed by atoms with Crippen molar-refractivity contribution in [3.63, 3.8) is 0 Å². The summed E-state index contributed by atoms with van der Waals surface area (Å²) in [6, 6.07) is 5.13. The van der Waals surface area contributed by atoms with Crippen LogP contribution < -0.4 is 15.5 Å². The standard InChI is InChI=1S/C20H23ClN4O4/c1-4-29-20(28)17-11(2)18(23-12(17)3)19(27)24-13-5-6-15(14(21)9-13)25-8-7-22-16(26)10-25/h5-6,9,23H,4,7-8,10H2,1-3H3,(H,22,26)(H,24,27). The highest BCUT2D eigenvalue weighted by atomic mass is 35.5. The second-order valence-corrected chi connectivity index (χ2v) is 7.14. The zero-order valence-electron chi connectivity index (χ0n) is 16.5. The average Bonchev–Trinajstić information content (AvgIpc) is 2.96. The molecule has 2 heterocycles. The van der Waals surface area contributed by atoms with Gasteiger partial charge in [0.1, 0.15) is 5.69 Å². The average molecular weight is 419 g/mol. The number of carbonyl (C=O) groups excluding carboxylic acids is 3. The largest absolute Gasteiger partial charge is 0.462 e. The van der Waals surface area contributed by atoms with Gasteiger partial charge in [0, 0.05) is 24.5 Å². The van der Waals surface area contributed by atoms with Crippen molar-refractivity contribution in [1.29, 1.82) is 0 Å². The first-order chi connectivity index (χ1) is 13.8. The van der Waals surface area contributed by atoms with Gasteiger partial charge in [-0.15, -0.1) is 0 Å². The van der Waals surface area contributed by atoms with Crippen LogP contribution in [0.25, 0.3) is 0 Å². The van der Waals surface area contributed by atoms with Crippen LogP contribution in [0.4, 0.5) is 11.4 Å². The number of aromatic nitrogens is 1. The number of H-pyrrole nitrogens is 1. The summed E-state index contributed by atoms with van der Waals surface area (Å²) in [5.41, 5.74) is 3.00. The van der Waals surface area contributed by atoms with Crippen LogP contribution in [0, 0.1) is 13.8 Å². The number of nitrogens with zero attached hydrogens (tertiary/aromatic N) is 1. The molecule has 9 heteroatoms. The number of esters is 1. The summed E-state index contributed by atoms with van der Waals surface area (Å²) in [4.78, 5) is 41.3. The first-order valence-corrected chi connectivity index (χ1v) is 9.68. The van der Waals surface area contributed by atoms with E-state index in [1.807, 2.05) is 4.90 Å². The van der Waals surface area contributed by atoms with Crippen molar-refractivity contribution in [2.45, 2.75) is 20.8 Å². The normalized spacial score (nSPS) is 13.8. The van der Waals surface area contributed by atoms with E-state index >= 15 is 0 Å². The van der Waals surface area contributed by atoms with Crippen LogP contribution >= 0.6 is 11.6 Å². The molecular weight excluding hydrogens is 396 g/mol. The van der Waals surface area contributed by atoms with Gasteiger partial charge in [0.15, 0.2) is 0 Å². The highest BCUT2D eigenvalue weighted by molar-refractivity contribution is 6.33. The van der Waals surface area contributed by atoms with Crippen LogP contribution in [0.3, 0.4) is 0 Å². The quantitative estimate of drug-likeness (QED) is 0.647. The van der Waals surface area contributed by atoms with Crippen molar-refractivity contribution in [1.82, 2.24) is 10.3 Å². The molecule has 0 saturated carbocycles. The predicted octanol–water partition coefficient (Wildman–Crippen LogP) is 2.65. The number of halogens is 1. The van der Waals surface area contributed by atoms with E-state index in [1.165, 1.54) is 0 Å². The van der Waals surface area contributed by atoms with Gasteiger partial charge in [-0.1, -0.05) is 11.6 Å². The number of aromatic amines is 1. The van der Waals surface area contributed by atoms with Gasteiger partial charge in [0.25, 0.3) is 5.91 Å². The monoisotopic (exact) mass is 418 g/mol. The highest BCUT2D eigenvalue weighted by Crippen LogP contribution is 2.30. The molecule has 2 aromatic rings. The summed E-state index contributed by atoms with van der Waals surface area (Å²) in [6.45, 7) is 6.86. The first kappa shape index (κ1) is 20.7. The lowest BCUT2D eigenvalue weighted by Crippen LogP contribution is -2.47. The Hall–Kier alpha value is -3.00. The zero-order chi connectivity index (χ0) is 21.1. The van der Waals surface area contributed by atoms with Gasteiger partial charge >= 0.3 is 5.97 Å². The number of amides is 2. The molecule has 0 aliphatic carbocycles. The van der Waals surface area contributed by atoms with Crippen LogP contribution in [0.2, 0.25) is 5.02 Å².